The highest BCUT2D eigenvalue weighted by Gasteiger charge is 2.21. The predicted molar refractivity (Wildman–Crippen MR) is 82.3 cm³/mol. The van der Waals surface area contributed by atoms with Crippen LogP contribution in [0.2, 0.25) is 0 Å². The molecule has 1 aliphatic carbocycles. The second-order valence-corrected chi connectivity index (χ2v) is 6.41. The first-order valence-electron chi connectivity index (χ1n) is 8.13. The van der Waals surface area contributed by atoms with Crippen molar-refractivity contribution < 1.29 is 4.79 Å². The lowest BCUT2D eigenvalue weighted by molar-refractivity contribution is 0.0884. The van der Waals surface area contributed by atoms with Gasteiger partial charge in [-0.2, -0.15) is 0 Å². The van der Waals surface area contributed by atoms with Crippen molar-refractivity contribution in [1.29, 1.82) is 0 Å². The molecule has 1 atom stereocenters. The first-order chi connectivity index (χ1) is 9.76. The van der Waals surface area contributed by atoms with Gasteiger partial charge in [-0.15, -0.1) is 0 Å². The fourth-order valence-corrected chi connectivity index (χ4v) is 3.67. The van der Waals surface area contributed by atoms with Crippen LogP contribution in [0.3, 0.4) is 0 Å². The topological polar surface area (TPSA) is 20.3 Å². The Morgan fingerprint density at radius 1 is 1.25 bits per heavy atom. The number of likely N-dealkylation sites (tertiary alicyclic amines) is 1. The van der Waals surface area contributed by atoms with Gasteiger partial charge in [-0.05, 0) is 61.8 Å². The number of hydrogen-bond donors (Lipinski definition) is 0. The lowest BCUT2D eigenvalue weighted by Gasteiger charge is -2.31. The van der Waals surface area contributed by atoms with Crippen LogP contribution in [0.5, 0.6) is 0 Å². The van der Waals surface area contributed by atoms with Gasteiger partial charge in [0, 0.05) is 12.1 Å². The van der Waals surface area contributed by atoms with Gasteiger partial charge < -0.3 is 0 Å². The van der Waals surface area contributed by atoms with Crippen LogP contribution in [0, 0.1) is 5.92 Å². The second kappa shape index (κ2) is 6.09. The monoisotopic (exact) mass is 271 g/mol. The molecule has 2 aliphatic rings. The number of ketones is 1. The van der Waals surface area contributed by atoms with Crippen molar-refractivity contribution in [3.63, 3.8) is 0 Å². The smallest absolute Gasteiger partial charge is 0.176 e. The van der Waals surface area contributed by atoms with Gasteiger partial charge >= 0.3 is 0 Å². The molecule has 0 spiro atoms. The van der Waals surface area contributed by atoms with Gasteiger partial charge in [0.2, 0.25) is 0 Å². The van der Waals surface area contributed by atoms with Crippen molar-refractivity contribution in [1.82, 2.24) is 4.90 Å². The molecule has 2 heteroatoms. The van der Waals surface area contributed by atoms with Crippen LogP contribution >= 0.6 is 0 Å². The highest BCUT2D eigenvalue weighted by Crippen LogP contribution is 2.24. The van der Waals surface area contributed by atoms with Crippen LogP contribution < -0.4 is 0 Å². The van der Waals surface area contributed by atoms with E-state index in [1.54, 1.807) is 0 Å². The van der Waals surface area contributed by atoms with E-state index in [4.69, 9.17) is 0 Å². The number of piperidine rings is 1. The summed E-state index contributed by atoms with van der Waals surface area (Å²) < 4.78 is 0. The predicted octanol–water partition coefficient (Wildman–Crippen LogP) is 3.48. The lowest BCUT2D eigenvalue weighted by atomic mass is 9.95. The van der Waals surface area contributed by atoms with Crippen LogP contribution in [-0.4, -0.2) is 30.3 Å². The number of carbonyl (C=O) groups excluding carboxylic acids is 1. The van der Waals surface area contributed by atoms with Gasteiger partial charge in [-0.25, -0.2) is 0 Å². The molecule has 0 saturated carbocycles. The Balaban J connectivity index is 1.64. The Bertz CT molecular complexity index is 494. The zero-order valence-electron chi connectivity index (χ0n) is 12.5. The van der Waals surface area contributed by atoms with Crippen molar-refractivity contribution in [3.8, 4) is 0 Å². The standard InChI is InChI=1S/C18H25NO/c1-2-14-5-4-10-19(12-14)13-18(20)17-9-8-15-6-3-7-16(15)11-17/h8-9,11,14H,2-7,10,12-13H2,1H3. The molecule has 0 radical (unpaired) electrons. The van der Waals surface area contributed by atoms with Crippen molar-refractivity contribution in [3.05, 3.63) is 34.9 Å². The molecule has 0 amide bonds. The van der Waals surface area contributed by atoms with Crippen LogP contribution in [0.4, 0.5) is 0 Å². The van der Waals surface area contributed by atoms with E-state index in [1.165, 1.54) is 43.2 Å². The van der Waals surface area contributed by atoms with Crippen LogP contribution in [-0.2, 0) is 12.8 Å². The maximum Gasteiger partial charge on any atom is 0.176 e. The molecular formula is C18H25NO. The summed E-state index contributed by atoms with van der Waals surface area (Å²) in [5.41, 5.74) is 3.77. The molecule has 1 aromatic carbocycles. The summed E-state index contributed by atoms with van der Waals surface area (Å²) in [5.74, 6) is 1.09. The molecule has 0 aromatic heterocycles. The van der Waals surface area contributed by atoms with Gasteiger partial charge in [-0.3, -0.25) is 9.69 Å². The van der Waals surface area contributed by atoms with Crippen LogP contribution in [0.15, 0.2) is 18.2 Å². The molecule has 108 valence electrons. The van der Waals surface area contributed by atoms with Gasteiger partial charge in [0.25, 0.3) is 0 Å². The number of rotatable bonds is 4. The number of aryl methyl sites for hydroxylation is 2. The van der Waals surface area contributed by atoms with E-state index in [9.17, 15) is 4.79 Å². The Kier molecular flexibility index (Phi) is 4.21. The van der Waals surface area contributed by atoms with Crippen LogP contribution in [0.25, 0.3) is 0 Å². The van der Waals surface area contributed by atoms with E-state index in [0.29, 0.717) is 12.3 Å². The molecular weight excluding hydrogens is 246 g/mol. The SMILES string of the molecule is CCC1CCCN(CC(=O)c2ccc3c(c2)CCC3)C1. The summed E-state index contributed by atoms with van der Waals surface area (Å²) in [5, 5.41) is 0. The summed E-state index contributed by atoms with van der Waals surface area (Å²) in [7, 11) is 0. The molecule has 1 saturated heterocycles. The summed E-state index contributed by atoms with van der Waals surface area (Å²) in [6.07, 6.45) is 7.41. The Morgan fingerprint density at radius 2 is 2.10 bits per heavy atom. The molecule has 1 aromatic rings. The summed E-state index contributed by atoms with van der Waals surface area (Å²) in [6, 6.07) is 6.35. The molecule has 1 aliphatic heterocycles. The molecule has 1 fully saturated rings. The maximum absolute atomic E-state index is 12.5. The average Bonchev–Trinajstić information content (AvgIpc) is 2.94. The fraction of sp³-hybridized carbons (Fsp3) is 0.611. The van der Waals surface area contributed by atoms with E-state index in [-0.39, 0.29) is 0 Å². The largest absolute Gasteiger partial charge is 0.296 e. The third-order valence-corrected chi connectivity index (χ3v) is 4.97. The minimum atomic E-state index is 0.302. The first kappa shape index (κ1) is 13.8. The number of fused-ring (bicyclic) bond motifs is 1. The fourth-order valence-electron chi connectivity index (χ4n) is 3.67. The normalized spacial score (nSPS) is 22.8. The zero-order chi connectivity index (χ0) is 13.9. The first-order valence-corrected chi connectivity index (χ1v) is 8.13. The third-order valence-electron chi connectivity index (χ3n) is 4.97. The highest BCUT2D eigenvalue weighted by atomic mass is 16.1. The number of hydrogen-bond acceptors (Lipinski definition) is 2. The van der Waals surface area contributed by atoms with Crippen molar-refractivity contribution >= 4 is 5.78 Å². The minimum Gasteiger partial charge on any atom is -0.296 e. The molecule has 0 N–H and O–H groups in total. The Hall–Kier alpha value is -1.15. The lowest BCUT2D eigenvalue weighted by Crippen LogP contribution is -2.38. The van der Waals surface area contributed by atoms with Gasteiger partial charge in [0.1, 0.15) is 0 Å². The van der Waals surface area contributed by atoms with E-state index in [1.807, 2.05) is 6.07 Å². The Morgan fingerprint density at radius 3 is 2.95 bits per heavy atom. The van der Waals surface area contributed by atoms with Gasteiger partial charge in [0.05, 0.1) is 6.54 Å². The molecule has 2 nitrogen and oxygen atoms in total. The third kappa shape index (κ3) is 2.95. The minimum absolute atomic E-state index is 0.302. The summed E-state index contributed by atoms with van der Waals surface area (Å²) in [6.45, 7) is 5.06. The van der Waals surface area contributed by atoms with Crippen LogP contribution in [0.1, 0.15) is 54.1 Å². The van der Waals surface area contributed by atoms with Crippen molar-refractivity contribution in [2.45, 2.75) is 45.4 Å². The zero-order valence-corrected chi connectivity index (χ0v) is 12.5. The maximum atomic E-state index is 12.5. The van der Waals surface area contributed by atoms with Crippen molar-refractivity contribution in [2.24, 2.45) is 5.92 Å². The molecule has 0 bridgehead atoms. The van der Waals surface area contributed by atoms with Crippen molar-refractivity contribution in [2.75, 3.05) is 19.6 Å². The van der Waals surface area contributed by atoms with E-state index >= 15 is 0 Å². The molecule has 20 heavy (non-hydrogen) atoms. The number of nitrogens with zero attached hydrogens (tertiary/aromatic N) is 1. The Labute approximate surface area is 122 Å². The van der Waals surface area contributed by atoms with E-state index < -0.39 is 0 Å². The van der Waals surface area contributed by atoms with Gasteiger partial charge in [-0.1, -0.05) is 25.5 Å². The molecule has 3 rings (SSSR count). The van der Waals surface area contributed by atoms with E-state index in [0.717, 1.165) is 31.0 Å². The highest BCUT2D eigenvalue weighted by molar-refractivity contribution is 5.97. The number of benzene rings is 1. The number of carbonyl (C=O) groups is 1. The molecule has 1 unspecified atom stereocenters. The summed E-state index contributed by atoms with van der Waals surface area (Å²) in [4.78, 5) is 14.8. The second-order valence-electron chi connectivity index (χ2n) is 6.41. The number of Topliss-reactive ketones (excluding diaryl/α,β-unsaturated/α-hetero) is 1. The average molecular weight is 271 g/mol. The molecule has 1 heterocycles. The van der Waals surface area contributed by atoms with E-state index in [2.05, 4.69) is 24.0 Å². The van der Waals surface area contributed by atoms with Gasteiger partial charge in [0.15, 0.2) is 5.78 Å². The summed E-state index contributed by atoms with van der Waals surface area (Å²) >= 11 is 0. The quantitative estimate of drug-likeness (QED) is 0.781.